The number of rotatable bonds is 7. The topological polar surface area (TPSA) is 12.0 Å². The summed E-state index contributed by atoms with van der Waals surface area (Å²) in [5, 5.41) is 4.01. The standard InChI is InChI=1S/C12H24ClNS/c1-2-15-8-4-7-14-10-11-5-3-6-12(13)9-11/h11-12,14H,2-10H2,1H3. The number of halogens is 1. The molecule has 0 amide bonds. The van der Waals surface area contributed by atoms with Crippen molar-refractivity contribution in [1.82, 2.24) is 5.32 Å². The van der Waals surface area contributed by atoms with Crippen LogP contribution < -0.4 is 5.32 Å². The van der Waals surface area contributed by atoms with Crippen LogP contribution in [0, 0.1) is 5.92 Å². The van der Waals surface area contributed by atoms with Crippen molar-refractivity contribution in [3.63, 3.8) is 0 Å². The summed E-state index contributed by atoms with van der Waals surface area (Å²) in [6, 6.07) is 0. The van der Waals surface area contributed by atoms with Crippen LogP contribution >= 0.6 is 23.4 Å². The molecule has 0 aromatic rings. The number of hydrogen-bond donors (Lipinski definition) is 1. The van der Waals surface area contributed by atoms with E-state index in [1.165, 1.54) is 56.7 Å². The highest BCUT2D eigenvalue weighted by atomic mass is 35.5. The normalized spacial score (nSPS) is 26.8. The van der Waals surface area contributed by atoms with Crippen molar-refractivity contribution in [3.8, 4) is 0 Å². The molecule has 0 saturated heterocycles. The lowest BCUT2D eigenvalue weighted by molar-refractivity contribution is 0.347. The Morgan fingerprint density at radius 3 is 3.00 bits per heavy atom. The van der Waals surface area contributed by atoms with Crippen LogP contribution in [0.1, 0.15) is 39.0 Å². The van der Waals surface area contributed by atoms with Crippen LogP contribution in [0.4, 0.5) is 0 Å². The first-order chi connectivity index (χ1) is 7.33. The lowest BCUT2D eigenvalue weighted by atomic mass is 9.89. The van der Waals surface area contributed by atoms with Gasteiger partial charge in [-0.05, 0) is 56.2 Å². The van der Waals surface area contributed by atoms with Gasteiger partial charge in [-0.2, -0.15) is 11.8 Å². The Hall–Kier alpha value is 0.600. The molecule has 1 aliphatic carbocycles. The van der Waals surface area contributed by atoms with Crippen LogP contribution in [0.3, 0.4) is 0 Å². The Balaban J connectivity index is 1.90. The first-order valence-electron chi connectivity index (χ1n) is 6.25. The van der Waals surface area contributed by atoms with Crippen molar-refractivity contribution in [2.45, 2.75) is 44.4 Å². The average molecular weight is 250 g/mol. The van der Waals surface area contributed by atoms with Gasteiger partial charge >= 0.3 is 0 Å². The van der Waals surface area contributed by atoms with E-state index in [0.717, 1.165) is 5.92 Å². The molecule has 3 heteroatoms. The van der Waals surface area contributed by atoms with E-state index in [1.807, 2.05) is 11.8 Å². The summed E-state index contributed by atoms with van der Waals surface area (Å²) in [5.74, 6) is 3.38. The molecule has 1 N–H and O–H groups in total. The maximum Gasteiger partial charge on any atom is 0.0339 e. The molecule has 2 atom stereocenters. The highest BCUT2D eigenvalue weighted by molar-refractivity contribution is 7.99. The average Bonchev–Trinajstić information content (AvgIpc) is 2.23. The molecule has 0 bridgehead atoms. The van der Waals surface area contributed by atoms with E-state index in [0.29, 0.717) is 5.38 Å². The minimum Gasteiger partial charge on any atom is -0.316 e. The second kappa shape index (κ2) is 8.72. The number of alkyl halides is 1. The van der Waals surface area contributed by atoms with E-state index in [2.05, 4.69) is 12.2 Å². The third-order valence-corrected chi connectivity index (χ3v) is 4.38. The van der Waals surface area contributed by atoms with Crippen molar-refractivity contribution in [2.75, 3.05) is 24.6 Å². The van der Waals surface area contributed by atoms with Crippen LogP contribution in [-0.4, -0.2) is 30.0 Å². The van der Waals surface area contributed by atoms with Gasteiger partial charge in [0.25, 0.3) is 0 Å². The first-order valence-corrected chi connectivity index (χ1v) is 7.84. The van der Waals surface area contributed by atoms with Gasteiger partial charge in [-0.3, -0.25) is 0 Å². The highest BCUT2D eigenvalue weighted by Crippen LogP contribution is 2.27. The molecule has 1 saturated carbocycles. The molecule has 1 aliphatic rings. The number of hydrogen-bond acceptors (Lipinski definition) is 2. The molecule has 0 aromatic carbocycles. The second-order valence-corrected chi connectivity index (χ2v) is 6.40. The fourth-order valence-corrected chi connectivity index (χ4v) is 3.20. The van der Waals surface area contributed by atoms with Gasteiger partial charge in [-0.15, -0.1) is 11.6 Å². The van der Waals surface area contributed by atoms with Crippen LogP contribution in [-0.2, 0) is 0 Å². The summed E-state index contributed by atoms with van der Waals surface area (Å²) >= 11 is 8.19. The lowest BCUT2D eigenvalue weighted by Crippen LogP contribution is -2.28. The molecule has 90 valence electrons. The van der Waals surface area contributed by atoms with Gasteiger partial charge in [0.15, 0.2) is 0 Å². The van der Waals surface area contributed by atoms with Gasteiger partial charge in [0, 0.05) is 5.38 Å². The van der Waals surface area contributed by atoms with Crippen molar-refractivity contribution < 1.29 is 0 Å². The summed E-state index contributed by atoms with van der Waals surface area (Å²) in [6.45, 7) is 4.58. The molecule has 0 spiro atoms. The maximum absolute atomic E-state index is 6.16. The largest absolute Gasteiger partial charge is 0.316 e. The van der Waals surface area contributed by atoms with Gasteiger partial charge in [0.1, 0.15) is 0 Å². The SMILES string of the molecule is CCSCCCNCC1CCCC(Cl)C1. The Kier molecular flexibility index (Phi) is 7.94. The molecule has 1 rings (SSSR count). The number of nitrogens with one attached hydrogen (secondary N) is 1. The predicted molar refractivity (Wildman–Crippen MR) is 72.1 cm³/mol. The molecule has 1 nitrogen and oxygen atoms in total. The molecule has 2 unspecified atom stereocenters. The first kappa shape index (κ1) is 13.7. The summed E-state index contributed by atoms with van der Waals surface area (Å²) in [4.78, 5) is 0. The molecular weight excluding hydrogens is 226 g/mol. The zero-order valence-electron chi connectivity index (χ0n) is 9.80. The monoisotopic (exact) mass is 249 g/mol. The van der Waals surface area contributed by atoms with Crippen molar-refractivity contribution >= 4 is 23.4 Å². The Labute approximate surface area is 104 Å². The van der Waals surface area contributed by atoms with Crippen LogP contribution in [0.15, 0.2) is 0 Å². The fraction of sp³-hybridized carbons (Fsp3) is 1.00. The third-order valence-electron chi connectivity index (χ3n) is 3.00. The van der Waals surface area contributed by atoms with E-state index in [9.17, 15) is 0 Å². The molecular formula is C12H24ClNS. The van der Waals surface area contributed by atoms with Gasteiger partial charge in [-0.1, -0.05) is 13.3 Å². The fourth-order valence-electron chi connectivity index (χ4n) is 2.16. The second-order valence-electron chi connectivity index (χ2n) is 4.38. The van der Waals surface area contributed by atoms with Crippen molar-refractivity contribution in [2.24, 2.45) is 5.92 Å². The molecule has 0 aliphatic heterocycles. The molecule has 1 fully saturated rings. The zero-order chi connectivity index (χ0) is 10.9. The highest BCUT2D eigenvalue weighted by Gasteiger charge is 2.19. The minimum atomic E-state index is 0.446. The summed E-state index contributed by atoms with van der Waals surface area (Å²) < 4.78 is 0. The van der Waals surface area contributed by atoms with Crippen LogP contribution in [0.5, 0.6) is 0 Å². The third kappa shape index (κ3) is 6.70. The maximum atomic E-state index is 6.16. The molecule has 0 aromatic heterocycles. The quantitative estimate of drug-likeness (QED) is 0.547. The van der Waals surface area contributed by atoms with Crippen molar-refractivity contribution in [3.05, 3.63) is 0 Å². The van der Waals surface area contributed by atoms with Crippen LogP contribution in [0.2, 0.25) is 0 Å². The Bertz CT molecular complexity index is 155. The Morgan fingerprint density at radius 2 is 2.27 bits per heavy atom. The van der Waals surface area contributed by atoms with E-state index in [1.54, 1.807) is 0 Å². The van der Waals surface area contributed by atoms with E-state index in [-0.39, 0.29) is 0 Å². The van der Waals surface area contributed by atoms with E-state index >= 15 is 0 Å². The van der Waals surface area contributed by atoms with Crippen LogP contribution in [0.25, 0.3) is 0 Å². The van der Waals surface area contributed by atoms with Gasteiger partial charge in [-0.25, -0.2) is 0 Å². The lowest BCUT2D eigenvalue weighted by Gasteiger charge is -2.25. The van der Waals surface area contributed by atoms with E-state index in [4.69, 9.17) is 11.6 Å². The summed E-state index contributed by atoms with van der Waals surface area (Å²) in [7, 11) is 0. The summed E-state index contributed by atoms with van der Waals surface area (Å²) in [5.41, 5.74) is 0. The molecule has 15 heavy (non-hydrogen) atoms. The molecule has 0 heterocycles. The Morgan fingerprint density at radius 1 is 1.40 bits per heavy atom. The molecule has 0 radical (unpaired) electrons. The van der Waals surface area contributed by atoms with Gasteiger partial charge < -0.3 is 5.32 Å². The van der Waals surface area contributed by atoms with Crippen molar-refractivity contribution in [1.29, 1.82) is 0 Å². The smallest absolute Gasteiger partial charge is 0.0339 e. The van der Waals surface area contributed by atoms with Gasteiger partial charge in [0.2, 0.25) is 0 Å². The van der Waals surface area contributed by atoms with Gasteiger partial charge in [0.05, 0.1) is 0 Å². The summed E-state index contributed by atoms with van der Waals surface area (Å²) in [6.07, 6.45) is 6.45. The number of thioether (sulfide) groups is 1. The predicted octanol–water partition coefficient (Wildman–Crippen LogP) is 3.52. The van der Waals surface area contributed by atoms with E-state index < -0.39 is 0 Å². The zero-order valence-corrected chi connectivity index (χ0v) is 11.4. The minimum absolute atomic E-state index is 0.446.